The molecule has 15 heavy (non-hydrogen) atoms. The zero-order valence-electron chi connectivity index (χ0n) is 7.71. The van der Waals surface area contributed by atoms with E-state index in [4.69, 9.17) is 9.52 Å². The second kappa shape index (κ2) is 4.62. The summed E-state index contributed by atoms with van der Waals surface area (Å²) in [7, 11) is -3.22. The molecule has 0 aliphatic rings. The molecule has 7 nitrogen and oxygen atoms in total. The second-order valence-corrected chi connectivity index (χ2v) is 5.78. The van der Waals surface area contributed by atoms with E-state index in [1.54, 1.807) is 0 Å². The lowest BCUT2D eigenvalue weighted by molar-refractivity contribution is -0.133. The molecule has 1 heterocycles. The molecule has 0 unspecified atom stereocenters. The fourth-order valence-corrected chi connectivity index (χ4v) is 1.77. The van der Waals surface area contributed by atoms with Crippen molar-refractivity contribution in [2.75, 3.05) is 12.0 Å². The van der Waals surface area contributed by atoms with E-state index < -0.39 is 15.8 Å². The van der Waals surface area contributed by atoms with Crippen molar-refractivity contribution in [2.24, 2.45) is 0 Å². The molecule has 1 rings (SSSR count). The van der Waals surface area contributed by atoms with E-state index in [0.717, 1.165) is 18.0 Å². The Morgan fingerprint density at radius 3 is 2.73 bits per heavy atom. The molecule has 1 N–H and O–H groups in total. The van der Waals surface area contributed by atoms with E-state index in [1.807, 2.05) is 0 Å². The molecule has 1 aromatic heterocycles. The molecule has 0 saturated heterocycles. The third kappa shape index (κ3) is 4.79. The van der Waals surface area contributed by atoms with Crippen molar-refractivity contribution in [3.63, 3.8) is 0 Å². The Morgan fingerprint density at radius 2 is 2.20 bits per heavy atom. The standard InChI is InChI=1S/C6H8N2O5S2/c1-15(11,12)3-4-7-8-6(13-4)14-2-5(9)10/h2-3H2,1H3,(H,9,10). The van der Waals surface area contributed by atoms with Gasteiger partial charge in [-0.15, -0.1) is 10.2 Å². The highest BCUT2D eigenvalue weighted by molar-refractivity contribution is 7.99. The lowest BCUT2D eigenvalue weighted by atomic mass is 10.8. The minimum absolute atomic E-state index is 0.0367. The first-order valence-electron chi connectivity index (χ1n) is 3.71. The van der Waals surface area contributed by atoms with Crippen LogP contribution in [0.15, 0.2) is 9.64 Å². The van der Waals surface area contributed by atoms with Crippen LogP contribution in [-0.2, 0) is 20.4 Å². The van der Waals surface area contributed by atoms with Crippen molar-refractivity contribution >= 4 is 27.6 Å². The lowest BCUT2D eigenvalue weighted by Crippen LogP contribution is -2.00. The summed E-state index contributed by atoms with van der Waals surface area (Å²) in [5.74, 6) is -1.60. The maximum Gasteiger partial charge on any atom is 0.314 e. The van der Waals surface area contributed by atoms with Crippen LogP contribution >= 0.6 is 11.8 Å². The first kappa shape index (κ1) is 12.0. The van der Waals surface area contributed by atoms with Crippen LogP contribution < -0.4 is 0 Å². The summed E-state index contributed by atoms with van der Waals surface area (Å²) < 4.78 is 26.6. The Morgan fingerprint density at radius 1 is 1.53 bits per heavy atom. The molecule has 0 bridgehead atoms. The van der Waals surface area contributed by atoms with E-state index in [1.165, 1.54) is 0 Å². The van der Waals surface area contributed by atoms with Crippen molar-refractivity contribution in [1.82, 2.24) is 10.2 Å². The van der Waals surface area contributed by atoms with E-state index >= 15 is 0 Å². The Kier molecular flexibility index (Phi) is 3.69. The molecular formula is C6H8N2O5S2. The third-order valence-electron chi connectivity index (χ3n) is 1.15. The smallest absolute Gasteiger partial charge is 0.314 e. The Bertz CT molecular complexity index is 452. The van der Waals surface area contributed by atoms with Crippen molar-refractivity contribution in [3.8, 4) is 0 Å². The summed E-state index contributed by atoms with van der Waals surface area (Å²) in [6.45, 7) is 0. The first-order chi connectivity index (χ1) is 6.87. The normalized spacial score (nSPS) is 11.5. The number of hydrogen-bond acceptors (Lipinski definition) is 7. The van der Waals surface area contributed by atoms with Crippen molar-refractivity contribution < 1.29 is 22.7 Å². The number of nitrogens with zero attached hydrogens (tertiary/aromatic N) is 2. The highest BCUT2D eigenvalue weighted by atomic mass is 32.2. The van der Waals surface area contributed by atoms with Crippen LogP contribution in [0.3, 0.4) is 0 Å². The van der Waals surface area contributed by atoms with Gasteiger partial charge in [0, 0.05) is 6.26 Å². The average molecular weight is 252 g/mol. The number of carboxylic acids is 1. The number of rotatable bonds is 5. The minimum Gasteiger partial charge on any atom is -0.481 e. The van der Waals surface area contributed by atoms with Gasteiger partial charge in [0.15, 0.2) is 9.84 Å². The second-order valence-electron chi connectivity index (χ2n) is 2.71. The molecule has 1 aromatic rings. The summed E-state index contributed by atoms with van der Waals surface area (Å²) in [6.07, 6.45) is 1.04. The van der Waals surface area contributed by atoms with Gasteiger partial charge < -0.3 is 9.52 Å². The van der Waals surface area contributed by atoms with Crippen LogP contribution in [0.5, 0.6) is 0 Å². The Labute approximate surface area is 89.8 Å². The molecule has 0 aliphatic heterocycles. The van der Waals surface area contributed by atoms with E-state index in [0.29, 0.717) is 0 Å². The van der Waals surface area contributed by atoms with Crippen molar-refractivity contribution in [3.05, 3.63) is 5.89 Å². The highest BCUT2D eigenvalue weighted by Gasteiger charge is 2.13. The average Bonchev–Trinajstić information content (AvgIpc) is 2.45. The molecule has 0 aromatic carbocycles. The number of carbonyl (C=O) groups is 1. The zero-order chi connectivity index (χ0) is 11.5. The van der Waals surface area contributed by atoms with E-state index in [9.17, 15) is 13.2 Å². The Balaban J connectivity index is 2.60. The van der Waals surface area contributed by atoms with Gasteiger partial charge in [-0.1, -0.05) is 11.8 Å². The van der Waals surface area contributed by atoms with Gasteiger partial charge in [-0.2, -0.15) is 0 Å². The van der Waals surface area contributed by atoms with Gasteiger partial charge in [0.2, 0.25) is 5.89 Å². The fraction of sp³-hybridized carbons (Fsp3) is 0.500. The molecule has 0 saturated carbocycles. The number of hydrogen-bond donors (Lipinski definition) is 1. The minimum atomic E-state index is -3.22. The van der Waals surface area contributed by atoms with Crippen LogP contribution in [0.2, 0.25) is 0 Å². The largest absolute Gasteiger partial charge is 0.481 e. The summed E-state index contributed by atoms with van der Waals surface area (Å²) in [4.78, 5) is 10.2. The van der Waals surface area contributed by atoms with Crippen molar-refractivity contribution in [2.45, 2.75) is 11.0 Å². The molecule has 0 spiro atoms. The van der Waals surface area contributed by atoms with Gasteiger partial charge in [0.1, 0.15) is 11.5 Å². The number of aromatic nitrogens is 2. The maximum atomic E-state index is 10.8. The van der Waals surface area contributed by atoms with Gasteiger partial charge in [-0.05, 0) is 0 Å². The third-order valence-corrected chi connectivity index (χ3v) is 2.73. The molecule has 0 amide bonds. The number of carboxylic acid groups (broad SMARTS) is 1. The van der Waals surface area contributed by atoms with Crippen LogP contribution in [0, 0.1) is 0 Å². The molecule has 9 heteroatoms. The van der Waals surface area contributed by atoms with Crippen LogP contribution in [0.25, 0.3) is 0 Å². The first-order valence-corrected chi connectivity index (χ1v) is 6.76. The quantitative estimate of drug-likeness (QED) is 0.717. The summed E-state index contributed by atoms with van der Waals surface area (Å²) in [5, 5.41) is 15.4. The van der Waals surface area contributed by atoms with Crippen LogP contribution in [-0.4, -0.2) is 41.7 Å². The molecule has 0 atom stereocenters. The lowest BCUT2D eigenvalue weighted by Gasteiger charge is -1.90. The topological polar surface area (TPSA) is 110 Å². The van der Waals surface area contributed by atoms with Gasteiger partial charge in [0.25, 0.3) is 5.22 Å². The monoisotopic (exact) mass is 252 g/mol. The molecular weight excluding hydrogens is 244 g/mol. The zero-order valence-corrected chi connectivity index (χ0v) is 9.34. The van der Waals surface area contributed by atoms with E-state index in [2.05, 4.69) is 10.2 Å². The highest BCUT2D eigenvalue weighted by Crippen LogP contribution is 2.16. The maximum absolute atomic E-state index is 10.8. The van der Waals surface area contributed by atoms with Gasteiger partial charge >= 0.3 is 5.97 Å². The number of aliphatic carboxylic acids is 1. The van der Waals surface area contributed by atoms with Crippen molar-refractivity contribution in [1.29, 1.82) is 0 Å². The number of sulfone groups is 1. The Hall–Kier alpha value is -1.09. The number of thioether (sulfide) groups is 1. The van der Waals surface area contributed by atoms with Gasteiger partial charge in [-0.25, -0.2) is 8.42 Å². The molecule has 0 fully saturated rings. The molecule has 0 aliphatic carbocycles. The SMILES string of the molecule is CS(=O)(=O)Cc1nnc(SCC(=O)O)o1. The molecule has 84 valence electrons. The van der Waals surface area contributed by atoms with Gasteiger partial charge in [0.05, 0.1) is 0 Å². The summed E-state index contributed by atoms with van der Waals surface area (Å²) >= 11 is 0.841. The van der Waals surface area contributed by atoms with Crippen LogP contribution in [0.4, 0.5) is 0 Å². The predicted octanol–water partition coefficient (Wildman–Crippen LogP) is -0.209. The summed E-state index contributed by atoms with van der Waals surface area (Å²) in [6, 6.07) is 0. The van der Waals surface area contributed by atoms with E-state index in [-0.39, 0.29) is 22.6 Å². The summed E-state index contributed by atoms with van der Waals surface area (Å²) in [5.41, 5.74) is 0. The predicted molar refractivity (Wildman–Crippen MR) is 51.2 cm³/mol. The van der Waals surface area contributed by atoms with Crippen LogP contribution in [0.1, 0.15) is 5.89 Å². The van der Waals surface area contributed by atoms with Gasteiger partial charge in [-0.3, -0.25) is 4.79 Å². The fourth-order valence-electron chi connectivity index (χ4n) is 0.703. The molecule has 0 radical (unpaired) electrons.